The Morgan fingerprint density at radius 2 is 2.11 bits per heavy atom. The van der Waals surface area contributed by atoms with Crippen LogP contribution >= 0.6 is 0 Å². The van der Waals surface area contributed by atoms with Gasteiger partial charge in [0, 0.05) is 6.54 Å². The zero-order chi connectivity index (χ0) is 14.0. The molecule has 19 heavy (non-hydrogen) atoms. The highest BCUT2D eigenvalue weighted by Gasteiger charge is 2.27. The molecule has 1 atom stereocenters. The van der Waals surface area contributed by atoms with Crippen molar-refractivity contribution >= 4 is 21.4 Å². The van der Waals surface area contributed by atoms with E-state index in [1.807, 2.05) is 0 Å². The number of nitrogen functional groups attached to an aromatic ring is 1. The molecule has 1 saturated carbocycles. The number of nitrogens with two attached hydrogens (primary N) is 1. The van der Waals surface area contributed by atoms with Crippen molar-refractivity contribution in [3.05, 3.63) is 18.2 Å². The van der Waals surface area contributed by atoms with Crippen molar-refractivity contribution in [1.82, 2.24) is 4.72 Å². The second-order valence-corrected chi connectivity index (χ2v) is 7.04. The Hall–Kier alpha value is -1.27. The number of hydrogen-bond donors (Lipinski definition) is 3. The van der Waals surface area contributed by atoms with Crippen molar-refractivity contribution < 1.29 is 8.42 Å². The zero-order valence-corrected chi connectivity index (χ0v) is 12.1. The average Bonchev–Trinajstić information content (AvgIpc) is 3.21. The van der Waals surface area contributed by atoms with Crippen LogP contribution in [-0.4, -0.2) is 22.0 Å². The zero-order valence-electron chi connectivity index (χ0n) is 11.3. The first-order valence-corrected chi connectivity index (χ1v) is 7.99. The van der Waals surface area contributed by atoms with Gasteiger partial charge in [-0.25, -0.2) is 13.1 Å². The third-order valence-corrected chi connectivity index (χ3v) is 5.06. The van der Waals surface area contributed by atoms with E-state index in [0.29, 0.717) is 17.3 Å². The van der Waals surface area contributed by atoms with Crippen molar-refractivity contribution in [2.45, 2.75) is 24.7 Å². The molecule has 1 aromatic rings. The maximum Gasteiger partial charge on any atom is 0.240 e. The van der Waals surface area contributed by atoms with E-state index in [1.165, 1.54) is 26.0 Å². The van der Waals surface area contributed by atoms with Crippen LogP contribution in [0.15, 0.2) is 23.1 Å². The number of hydrogen-bond acceptors (Lipinski definition) is 4. The smallest absolute Gasteiger partial charge is 0.240 e. The number of sulfonamides is 1. The summed E-state index contributed by atoms with van der Waals surface area (Å²) in [5.74, 6) is 1.39. The minimum Gasteiger partial charge on any atom is -0.397 e. The summed E-state index contributed by atoms with van der Waals surface area (Å²) >= 11 is 0. The van der Waals surface area contributed by atoms with Crippen LogP contribution in [0.4, 0.5) is 11.4 Å². The van der Waals surface area contributed by atoms with Crippen LogP contribution < -0.4 is 15.8 Å². The van der Waals surface area contributed by atoms with Gasteiger partial charge in [0.25, 0.3) is 0 Å². The van der Waals surface area contributed by atoms with Gasteiger partial charge < -0.3 is 11.1 Å². The molecular formula is C13H21N3O2S. The number of nitrogens with one attached hydrogen (secondary N) is 2. The Morgan fingerprint density at radius 3 is 2.68 bits per heavy atom. The molecule has 1 aromatic carbocycles. The van der Waals surface area contributed by atoms with E-state index >= 15 is 0 Å². The molecule has 0 bridgehead atoms. The predicted octanol–water partition coefficient (Wildman–Crippen LogP) is 1.63. The molecule has 6 heteroatoms. The topological polar surface area (TPSA) is 84.2 Å². The molecule has 1 aliphatic carbocycles. The van der Waals surface area contributed by atoms with Gasteiger partial charge in [-0.3, -0.25) is 0 Å². The van der Waals surface area contributed by atoms with E-state index in [0.717, 1.165) is 12.5 Å². The van der Waals surface area contributed by atoms with Gasteiger partial charge in [-0.15, -0.1) is 0 Å². The highest BCUT2D eigenvalue weighted by atomic mass is 32.2. The van der Waals surface area contributed by atoms with Crippen molar-refractivity contribution in [2.24, 2.45) is 11.8 Å². The average molecular weight is 283 g/mol. The molecule has 2 rings (SSSR count). The van der Waals surface area contributed by atoms with Crippen LogP contribution in [0, 0.1) is 11.8 Å². The maximum absolute atomic E-state index is 11.7. The Bertz CT molecular complexity index is 553. The summed E-state index contributed by atoms with van der Waals surface area (Å²) in [6.07, 6.45) is 2.60. The van der Waals surface area contributed by atoms with Gasteiger partial charge in [-0.1, -0.05) is 6.92 Å². The van der Waals surface area contributed by atoms with E-state index in [9.17, 15) is 8.42 Å². The van der Waals surface area contributed by atoms with Gasteiger partial charge >= 0.3 is 0 Å². The summed E-state index contributed by atoms with van der Waals surface area (Å²) in [6.45, 7) is 3.02. The molecule has 0 heterocycles. The Morgan fingerprint density at radius 1 is 1.42 bits per heavy atom. The van der Waals surface area contributed by atoms with Crippen LogP contribution in [0.25, 0.3) is 0 Å². The van der Waals surface area contributed by atoms with E-state index in [-0.39, 0.29) is 4.90 Å². The first-order chi connectivity index (χ1) is 8.94. The molecule has 5 nitrogen and oxygen atoms in total. The van der Waals surface area contributed by atoms with Crippen molar-refractivity contribution in [2.75, 3.05) is 24.6 Å². The molecule has 1 aliphatic rings. The van der Waals surface area contributed by atoms with E-state index < -0.39 is 10.0 Å². The molecule has 0 aromatic heterocycles. The fraction of sp³-hybridized carbons (Fsp3) is 0.538. The van der Waals surface area contributed by atoms with Crippen LogP contribution in [0.3, 0.4) is 0 Å². The van der Waals surface area contributed by atoms with Gasteiger partial charge in [0.1, 0.15) is 0 Å². The normalized spacial score (nSPS) is 17.2. The monoisotopic (exact) mass is 283 g/mol. The lowest BCUT2D eigenvalue weighted by atomic mass is 10.1. The summed E-state index contributed by atoms with van der Waals surface area (Å²) in [7, 11) is -2.03. The first kappa shape index (κ1) is 14.1. The number of rotatable bonds is 6. The SMILES string of the molecule is CNS(=O)(=O)c1ccc(N)c(NCC(C)C2CC2)c1. The predicted molar refractivity (Wildman–Crippen MR) is 77.5 cm³/mol. The molecule has 0 radical (unpaired) electrons. The number of anilines is 2. The largest absolute Gasteiger partial charge is 0.397 e. The molecule has 0 spiro atoms. The van der Waals surface area contributed by atoms with Crippen LogP contribution in [0.5, 0.6) is 0 Å². The fourth-order valence-electron chi connectivity index (χ4n) is 2.08. The fourth-order valence-corrected chi connectivity index (χ4v) is 2.83. The molecule has 0 aliphatic heterocycles. The van der Waals surface area contributed by atoms with Crippen LogP contribution in [0.2, 0.25) is 0 Å². The Kier molecular flexibility index (Phi) is 4.01. The summed E-state index contributed by atoms with van der Waals surface area (Å²) < 4.78 is 25.8. The third kappa shape index (κ3) is 3.39. The standard InChI is InChI=1S/C13H21N3O2S/c1-9(10-3-4-10)8-16-13-7-11(5-6-12(13)14)19(17,18)15-2/h5-7,9-10,15-16H,3-4,8,14H2,1-2H3. The Balaban J connectivity index is 2.12. The van der Waals surface area contributed by atoms with Gasteiger partial charge in [-0.2, -0.15) is 0 Å². The van der Waals surface area contributed by atoms with Gasteiger partial charge in [-0.05, 0) is 49.9 Å². The van der Waals surface area contributed by atoms with E-state index in [4.69, 9.17) is 5.73 Å². The molecule has 0 saturated heterocycles. The van der Waals surface area contributed by atoms with Crippen LogP contribution in [0.1, 0.15) is 19.8 Å². The van der Waals surface area contributed by atoms with Crippen molar-refractivity contribution in [1.29, 1.82) is 0 Å². The molecule has 0 amide bonds. The van der Waals surface area contributed by atoms with Gasteiger partial charge in [0.15, 0.2) is 0 Å². The highest BCUT2D eigenvalue weighted by Crippen LogP contribution is 2.36. The first-order valence-electron chi connectivity index (χ1n) is 6.51. The molecule has 1 fully saturated rings. The van der Waals surface area contributed by atoms with Crippen molar-refractivity contribution in [3.63, 3.8) is 0 Å². The second kappa shape index (κ2) is 5.38. The lowest BCUT2D eigenvalue weighted by Gasteiger charge is -2.15. The lowest BCUT2D eigenvalue weighted by Crippen LogP contribution is -2.19. The van der Waals surface area contributed by atoms with Gasteiger partial charge in [0.2, 0.25) is 10.0 Å². The van der Waals surface area contributed by atoms with E-state index in [1.54, 1.807) is 12.1 Å². The summed E-state index contributed by atoms with van der Waals surface area (Å²) in [5, 5.41) is 3.25. The molecular weight excluding hydrogens is 262 g/mol. The van der Waals surface area contributed by atoms with Crippen LogP contribution in [-0.2, 0) is 10.0 Å². The van der Waals surface area contributed by atoms with Crippen molar-refractivity contribution in [3.8, 4) is 0 Å². The number of benzene rings is 1. The minimum atomic E-state index is -3.43. The van der Waals surface area contributed by atoms with Gasteiger partial charge in [0.05, 0.1) is 16.3 Å². The molecule has 4 N–H and O–H groups in total. The third-order valence-electron chi connectivity index (χ3n) is 3.65. The lowest BCUT2D eigenvalue weighted by molar-refractivity contribution is 0.536. The summed E-state index contributed by atoms with van der Waals surface area (Å²) in [6, 6.07) is 4.71. The molecule has 106 valence electrons. The quantitative estimate of drug-likeness (QED) is 0.693. The maximum atomic E-state index is 11.7. The summed E-state index contributed by atoms with van der Waals surface area (Å²) in [5.41, 5.74) is 7.13. The summed E-state index contributed by atoms with van der Waals surface area (Å²) in [4.78, 5) is 0.228. The Labute approximate surface area is 114 Å². The molecule has 1 unspecified atom stereocenters. The second-order valence-electron chi connectivity index (χ2n) is 5.15. The van der Waals surface area contributed by atoms with E-state index in [2.05, 4.69) is 17.0 Å². The highest BCUT2D eigenvalue weighted by molar-refractivity contribution is 7.89. The minimum absolute atomic E-state index is 0.228.